The monoisotopic (exact) mass is 275 g/mol. The Bertz CT molecular complexity index is 567. The van der Waals surface area contributed by atoms with Crippen molar-refractivity contribution >= 4 is 5.84 Å². The molecule has 0 amide bonds. The summed E-state index contributed by atoms with van der Waals surface area (Å²) in [5, 5.41) is 18.9. The molecule has 0 saturated heterocycles. The summed E-state index contributed by atoms with van der Waals surface area (Å²) in [5.41, 5.74) is 6.71. The number of hydrogen-bond acceptors (Lipinski definition) is 6. The number of aromatic nitrogens is 2. The van der Waals surface area contributed by atoms with Crippen molar-refractivity contribution in [3.05, 3.63) is 47.6 Å². The van der Waals surface area contributed by atoms with E-state index in [1.54, 1.807) is 6.92 Å². The molecule has 0 radical (unpaired) electrons. The largest absolute Gasteiger partial charge is 0.409 e. The van der Waals surface area contributed by atoms with Gasteiger partial charge >= 0.3 is 0 Å². The van der Waals surface area contributed by atoms with E-state index in [4.69, 9.17) is 15.5 Å². The van der Waals surface area contributed by atoms with Gasteiger partial charge in [0.2, 0.25) is 5.89 Å². The van der Waals surface area contributed by atoms with Crippen molar-refractivity contribution in [1.29, 1.82) is 0 Å². The molecular weight excluding hydrogens is 258 g/mol. The predicted molar refractivity (Wildman–Crippen MR) is 73.3 cm³/mol. The van der Waals surface area contributed by atoms with E-state index in [9.17, 15) is 0 Å². The third-order valence-corrected chi connectivity index (χ3v) is 2.88. The molecule has 1 heterocycles. The summed E-state index contributed by atoms with van der Waals surface area (Å²) < 4.78 is 4.89. The summed E-state index contributed by atoms with van der Waals surface area (Å²) in [6.07, 6.45) is 0. The van der Waals surface area contributed by atoms with Gasteiger partial charge in [-0.15, -0.1) is 0 Å². The molecule has 4 N–H and O–H groups in total. The third kappa shape index (κ3) is 3.55. The van der Waals surface area contributed by atoms with E-state index < -0.39 is 0 Å². The number of nitrogens with two attached hydrogens (primary N) is 1. The van der Waals surface area contributed by atoms with Gasteiger partial charge in [-0.3, -0.25) is 0 Å². The molecule has 106 valence electrons. The predicted octanol–water partition coefficient (Wildman–Crippen LogP) is 0.998. The van der Waals surface area contributed by atoms with Gasteiger partial charge in [0.15, 0.2) is 5.82 Å². The molecular formula is C13H17N5O2. The van der Waals surface area contributed by atoms with Crippen LogP contribution >= 0.6 is 0 Å². The average Bonchev–Trinajstić information content (AvgIpc) is 2.89. The molecule has 0 fully saturated rings. The topological polar surface area (TPSA) is 110 Å². The van der Waals surface area contributed by atoms with Gasteiger partial charge < -0.3 is 20.8 Å². The summed E-state index contributed by atoms with van der Waals surface area (Å²) >= 11 is 0. The number of amidine groups is 1. The smallest absolute Gasteiger partial charge is 0.223 e. The number of hydrogen-bond donors (Lipinski definition) is 3. The Morgan fingerprint density at radius 2 is 2.20 bits per heavy atom. The van der Waals surface area contributed by atoms with E-state index >= 15 is 0 Å². The van der Waals surface area contributed by atoms with Crippen LogP contribution in [0, 0.1) is 6.92 Å². The summed E-state index contributed by atoms with van der Waals surface area (Å²) in [6, 6.07) is 9.61. The fourth-order valence-electron chi connectivity index (χ4n) is 1.89. The van der Waals surface area contributed by atoms with E-state index in [2.05, 4.69) is 20.6 Å². The summed E-state index contributed by atoms with van der Waals surface area (Å²) in [6.45, 7) is 2.70. The second kappa shape index (κ2) is 6.67. The fraction of sp³-hybridized carbons (Fsp3) is 0.308. The quantitative estimate of drug-likeness (QED) is 0.314. The maximum atomic E-state index is 8.88. The lowest BCUT2D eigenvalue weighted by molar-refractivity contribution is 0.315. The highest BCUT2D eigenvalue weighted by Crippen LogP contribution is 2.14. The Kier molecular flexibility index (Phi) is 4.67. The number of nitrogens with one attached hydrogen (secondary N) is 1. The molecule has 0 bridgehead atoms. The van der Waals surface area contributed by atoms with E-state index in [1.165, 1.54) is 0 Å². The fourth-order valence-corrected chi connectivity index (χ4v) is 1.89. The molecule has 7 nitrogen and oxygen atoms in total. The van der Waals surface area contributed by atoms with Crippen LogP contribution in [0.5, 0.6) is 0 Å². The van der Waals surface area contributed by atoms with Crippen molar-refractivity contribution in [3.63, 3.8) is 0 Å². The van der Waals surface area contributed by atoms with Gasteiger partial charge in [-0.05, 0) is 5.56 Å². The van der Waals surface area contributed by atoms with Crippen LogP contribution < -0.4 is 11.1 Å². The SMILES string of the molecule is Cc1nc(CNCC(/C(N)=N/O)c2ccccc2)no1. The molecule has 1 atom stereocenters. The zero-order valence-electron chi connectivity index (χ0n) is 11.2. The highest BCUT2D eigenvalue weighted by atomic mass is 16.5. The Hall–Kier alpha value is -2.41. The highest BCUT2D eigenvalue weighted by Gasteiger charge is 2.16. The number of aryl methyl sites for hydroxylation is 1. The summed E-state index contributed by atoms with van der Waals surface area (Å²) in [7, 11) is 0. The molecule has 0 aliphatic carbocycles. The Morgan fingerprint density at radius 1 is 1.45 bits per heavy atom. The van der Waals surface area contributed by atoms with Gasteiger partial charge in [-0.1, -0.05) is 40.6 Å². The number of oxime groups is 1. The molecule has 7 heteroatoms. The summed E-state index contributed by atoms with van der Waals surface area (Å²) in [5.74, 6) is 1.05. The van der Waals surface area contributed by atoms with Gasteiger partial charge in [0.25, 0.3) is 0 Å². The Morgan fingerprint density at radius 3 is 2.80 bits per heavy atom. The van der Waals surface area contributed by atoms with Crippen molar-refractivity contribution in [2.75, 3.05) is 6.54 Å². The minimum Gasteiger partial charge on any atom is -0.409 e. The van der Waals surface area contributed by atoms with Crippen LogP contribution in [0.1, 0.15) is 23.2 Å². The minimum atomic E-state index is -0.214. The van der Waals surface area contributed by atoms with Crippen LogP contribution in [0.15, 0.2) is 40.0 Å². The lowest BCUT2D eigenvalue weighted by Crippen LogP contribution is -2.31. The first-order valence-electron chi connectivity index (χ1n) is 6.23. The van der Waals surface area contributed by atoms with Crippen LogP contribution in [0.3, 0.4) is 0 Å². The Balaban J connectivity index is 1.98. The maximum absolute atomic E-state index is 8.88. The lowest BCUT2D eigenvalue weighted by atomic mass is 9.98. The third-order valence-electron chi connectivity index (χ3n) is 2.88. The second-order valence-corrected chi connectivity index (χ2v) is 4.35. The van der Waals surface area contributed by atoms with Crippen LogP contribution in [0.4, 0.5) is 0 Å². The molecule has 0 aliphatic heterocycles. The highest BCUT2D eigenvalue weighted by molar-refractivity contribution is 5.87. The lowest BCUT2D eigenvalue weighted by Gasteiger charge is -2.16. The zero-order valence-corrected chi connectivity index (χ0v) is 11.2. The minimum absolute atomic E-state index is 0.160. The number of nitrogens with zero attached hydrogens (tertiary/aromatic N) is 3. The molecule has 0 spiro atoms. The second-order valence-electron chi connectivity index (χ2n) is 4.35. The molecule has 0 saturated carbocycles. The van der Waals surface area contributed by atoms with E-state index in [0.29, 0.717) is 24.8 Å². The van der Waals surface area contributed by atoms with Gasteiger partial charge in [0.05, 0.1) is 12.5 Å². The molecule has 1 aromatic carbocycles. The standard InChI is InChI=1S/C13H17N5O2/c1-9-16-12(18-20-9)8-15-7-11(13(14)17-19)10-5-3-2-4-6-10/h2-6,11,15,19H,7-8H2,1H3,(H2,14,17). The van der Waals surface area contributed by atoms with Gasteiger partial charge in [0.1, 0.15) is 5.84 Å². The van der Waals surface area contributed by atoms with E-state index in [-0.39, 0.29) is 11.8 Å². The molecule has 1 aromatic heterocycles. The molecule has 2 aromatic rings. The number of rotatable bonds is 6. The normalized spacial score (nSPS) is 13.3. The van der Waals surface area contributed by atoms with E-state index in [0.717, 1.165) is 5.56 Å². The van der Waals surface area contributed by atoms with Gasteiger partial charge in [-0.2, -0.15) is 4.98 Å². The van der Waals surface area contributed by atoms with Crippen LogP contribution in [0.25, 0.3) is 0 Å². The van der Waals surface area contributed by atoms with Crippen molar-refractivity contribution < 1.29 is 9.73 Å². The van der Waals surface area contributed by atoms with Gasteiger partial charge in [-0.25, -0.2) is 0 Å². The number of benzene rings is 1. The average molecular weight is 275 g/mol. The molecule has 0 aliphatic rings. The van der Waals surface area contributed by atoms with Crippen LogP contribution in [-0.4, -0.2) is 27.7 Å². The van der Waals surface area contributed by atoms with Crippen molar-refractivity contribution in [3.8, 4) is 0 Å². The summed E-state index contributed by atoms with van der Waals surface area (Å²) in [4.78, 5) is 4.09. The van der Waals surface area contributed by atoms with Crippen LogP contribution in [0.2, 0.25) is 0 Å². The first-order chi connectivity index (χ1) is 9.70. The maximum Gasteiger partial charge on any atom is 0.223 e. The first kappa shape index (κ1) is 14.0. The molecule has 20 heavy (non-hydrogen) atoms. The Labute approximate surface area is 116 Å². The van der Waals surface area contributed by atoms with Gasteiger partial charge in [0, 0.05) is 13.5 Å². The zero-order chi connectivity index (χ0) is 14.4. The van der Waals surface area contributed by atoms with E-state index in [1.807, 2.05) is 30.3 Å². The van der Waals surface area contributed by atoms with Crippen molar-refractivity contribution in [2.24, 2.45) is 10.9 Å². The van der Waals surface area contributed by atoms with Crippen LogP contribution in [-0.2, 0) is 6.54 Å². The van der Waals surface area contributed by atoms with Crippen molar-refractivity contribution in [2.45, 2.75) is 19.4 Å². The first-order valence-corrected chi connectivity index (χ1v) is 6.23. The van der Waals surface area contributed by atoms with Crippen molar-refractivity contribution in [1.82, 2.24) is 15.5 Å². The molecule has 1 unspecified atom stereocenters. The molecule has 2 rings (SSSR count).